The lowest BCUT2D eigenvalue weighted by Crippen LogP contribution is -2.37. The summed E-state index contributed by atoms with van der Waals surface area (Å²) in [7, 11) is 1.45. The molecule has 1 N–H and O–H groups in total. The zero-order chi connectivity index (χ0) is 20.5. The summed E-state index contributed by atoms with van der Waals surface area (Å²) in [5.41, 5.74) is 1.29. The van der Waals surface area contributed by atoms with Gasteiger partial charge in [-0.25, -0.2) is 9.59 Å². The monoisotopic (exact) mass is 383 g/mol. The molecule has 7 heteroatoms. The fraction of sp³-hybridized carbons (Fsp3) is 0.381. The van der Waals surface area contributed by atoms with Gasteiger partial charge in [-0.15, -0.1) is 4.99 Å². The van der Waals surface area contributed by atoms with Crippen LogP contribution in [-0.2, 0) is 9.47 Å². The van der Waals surface area contributed by atoms with E-state index in [4.69, 9.17) is 9.47 Å². The number of amides is 2. The minimum atomic E-state index is -0.812. The maximum absolute atomic E-state index is 12.3. The number of alkyl carbamates (subject to hydrolysis) is 1. The Hall–Kier alpha value is -3.09. The third-order valence-corrected chi connectivity index (χ3v) is 4.39. The van der Waals surface area contributed by atoms with E-state index in [1.54, 1.807) is 25.7 Å². The van der Waals surface area contributed by atoms with Crippen LogP contribution in [0.2, 0.25) is 0 Å². The van der Waals surface area contributed by atoms with Crippen molar-refractivity contribution >= 4 is 34.7 Å². The number of nitrogens with zero attached hydrogens (tertiary/aromatic N) is 2. The van der Waals surface area contributed by atoms with Crippen LogP contribution in [0.25, 0.3) is 10.8 Å². The maximum atomic E-state index is 12.3. The number of aliphatic imine (C=N–C) groups is 1. The highest BCUT2D eigenvalue weighted by molar-refractivity contribution is 6.06. The Bertz CT molecular complexity index is 946. The van der Waals surface area contributed by atoms with Gasteiger partial charge in [-0.1, -0.05) is 37.3 Å². The highest BCUT2D eigenvalue weighted by atomic mass is 16.6. The lowest BCUT2D eigenvalue weighted by molar-refractivity contribution is 0.0600. The minimum Gasteiger partial charge on any atom is -0.442 e. The zero-order valence-electron chi connectivity index (χ0n) is 16.8. The van der Waals surface area contributed by atoms with Gasteiger partial charge in [-0.3, -0.25) is 4.90 Å². The van der Waals surface area contributed by atoms with Crippen molar-refractivity contribution in [2.45, 2.75) is 39.2 Å². The van der Waals surface area contributed by atoms with Gasteiger partial charge in [0.2, 0.25) is 0 Å². The second-order valence-electron chi connectivity index (χ2n) is 7.75. The van der Waals surface area contributed by atoms with Gasteiger partial charge in [-0.05, 0) is 43.2 Å². The lowest BCUT2D eigenvalue weighted by Gasteiger charge is -2.22. The van der Waals surface area contributed by atoms with Crippen LogP contribution in [0.5, 0.6) is 0 Å². The summed E-state index contributed by atoms with van der Waals surface area (Å²) in [5, 5.41) is 4.65. The molecule has 1 aliphatic rings. The second-order valence-corrected chi connectivity index (χ2v) is 7.75. The first kappa shape index (κ1) is 19.7. The molecule has 0 fully saturated rings. The van der Waals surface area contributed by atoms with Crippen molar-refractivity contribution in [3.8, 4) is 0 Å². The number of hydrogen-bond acceptors (Lipinski definition) is 4. The van der Waals surface area contributed by atoms with Crippen molar-refractivity contribution in [2.75, 3.05) is 18.5 Å². The minimum absolute atomic E-state index is 0.102. The molecule has 0 aliphatic carbocycles. The average molecular weight is 383 g/mol. The Kier molecular flexibility index (Phi) is 5.27. The van der Waals surface area contributed by atoms with Crippen LogP contribution in [-0.4, -0.2) is 37.4 Å². The van der Waals surface area contributed by atoms with Crippen molar-refractivity contribution in [3.63, 3.8) is 0 Å². The summed E-state index contributed by atoms with van der Waals surface area (Å²) < 4.78 is 10.6. The van der Waals surface area contributed by atoms with E-state index in [1.165, 1.54) is 7.05 Å². The van der Waals surface area contributed by atoms with Gasteiger partial charge in [0.25, 0.3) is 0 Å². The van der Waals surface area contributed by atoms with Gasteiger partial charge < -0.3 is 14.8 Å². The number of benzene rings is 2. The molecular weight excluding hydrogens is 358 g/mol. The molecule has 0 radical (unpaired) electrons. The molecule has 0 bridgehead atoms. The second kappa shape index (κ2) is 7.50. The van der Waals surface area contributed by atoms with Crippen LogP contribution in [0.1, 0.15) is 39.2 Å². The molecule has 0 spiro atoms. The Labute approximate surface area is 164 Å². The van der Waals surface area contributed by atoms with Crippen LogP contribution in [0.3, 0.4) is 0 Å². The van der Waals surface area contributed by atoms with Crippen LogP contribution in [0.15, 0.2) is 41.4 Å². The molecule has 1 unspecified atom stereocenters. The van der Waals surface area contributed by atoms with Crippen LogP contribution in [0.4, 0.5) is 15.3 Å². The zero-order valence-corrected chi connectivity index (χ0v) is 16.8. The molecule has 0 saturated carbocycles. The van der Waals surface area contributed by atoms with E-state index in [9.17, 15) is 9.59 Å². The van der Waals surface area contributed by atoms with Gasteiger partial charge in [0.1, 0.15) is 5.60 Å². The van der Waals surface area contributed by atoms with E-state index in [0.29, 0.717) is 6.54 Å². The first-order valence-electron chi connectivity index (χ1n) is 9.20. The van der Waals surface area contributed by atoms with E-state index < -0.39 is 17.8 Å². The number of fused-ring (bicyclic) bond motifs is 3. The van der Waals surface area contributed by atoms with Crippen LogP contribution < -0.4 is 10.2 Å². The van der Waals surface area contributed by atoms with E-state index >= 15 is 0 Å². The summed E-state index contributed by atoms with van der Waals surface area (Å²) in [5.74, 6) is 0.165. The molecular formula is C21H25N3O4. The van der Waals surface area contributed by atoms with Gasteiger partial charge in [0, 0.05) is 25.2 Å². The molecule has 1 atom stereocenters. The van der Waals surface area contributed by atoms with E-state index in [1.807, 2.05) is 24.3 Å². The Balaban J connectivity index is 2.04. The largest absolute Gasteiger partial charge is 0.442 e. The molecule has 148 valence electrons. The van der Waals surface area contributed by atoms with Gasteiger partial charge >= 0.3 is 18.2 Å². The van der Waals surface area contributed by atoms with Crippen molar-refractivity contribution in [1.82, 2.24) is 5.32 Å². The number of nitrogens with one attached hydrogen (secondary N) is 1. The number of rotatable bonds is 0. The van der Waals surface area contributed by atoms with Crippen molar-refractivity contribution < 1.29 is 19.1 Å². The van der Waals surface area contributed by atoms with Gasteiger partial charge in [0.05, 0.1) is 0 Å². The topological polar surface area (TPSA) is 80.2 Å². The number of carbonyl (C=O) groups is 2. The molecule has 0 saturated heterocycles. The standard InChI is InChI=1S/C21H25N3O4/c1-13-12-24(16-11-10-14-8-6-7-9-15(14)17(13)16)18(27-19(25)22-5)23-20(26)28-21(2,3)4/h6-11,13H,12H2,1-5H3,(H,22,25). The van der Waals surface area contributed by atoms with Crippen LogP contribution >= 0.6 is 0 Å². The first-order chi connectivity index (χ1) is 13.2. The average Bonchev–Trinajstić information content (AvgIpc) is 2.96. The number of ether oxygens (including phenoxy) is 2. The summed E-state index contributed by atoms with van der Waals surface area (Å²) in [6.45, 7) is 7.87. The summed E-state index contributed by atoms with van der Waals surface area (Å²) >= 11 is 0. The number of amidine groups is 1. The van der Waals surface area contributed by atoms with Gasteiger partial charge in [-0.2, -0.15) is 0 Å². The van der Waals surface area contributed by atoms with Gasteiger partial charge in [0.15, 0.2) is 0 Å². The molecule has 7 nitrogen and oxygen atoms in total. The number of carbonyl (C=O) groups excluding carboxylic acids is 2. The molecule has 2 aromatic carbocycles. The molecule has 1 heterocycles. The smallest absolute Gasteiger partial charge is 0.438 e. The summed E-state index contributed by atoms with van der Waals surface area (Å²) in [6, 6.07) is 12.0. The molecule has 1 aliphatic heterocycles. The highest BCUT2D eigenvalue weighted by Crippen LogP contribution is 2.41. The normalized spacial score (nSPS) is 16.7. The molecule has 0 aromatic heterocycles. The Morgan fingerprint density at radius 3 is 2.57 bits per heavy atom. The first-order valence-corrected chi connectivity index (χ1v) is 9.20. The van der Waals surface area contributed by atoms with E-state index in [0.717, 1.165) is 22.0 Å². The number of anilines is 1. The fourth-order valence-corrected chi connectivity index (χ4v) is 3.32. The summed E-state index contributed by atoms with van der Waals surface area (Å²) in [4.78, 5) is 29.8. The third kappa shape index (κ3) is 4.08. The fourth-order valence-electron chi connectivity index (χ4n) is 3.32. The molecule has 2 amide bonds. The van der Waals surface area contributed by atoms with Crippen LogP contribution in [0, 0.1) is 0 Å². The Morgan fingerprint density at radius 2 is 1.89 bits per heavy atom. The van der Waals surface area contributed by atoms with Crippen molar-refractivity contribution in [3.05, 3.63) is 42.0 Å². The molecule has 2 aromatic rings. The molecule has 3 rings (SSSR count). The maximum Gasteiger partial charge on any atom is 0.438 e. The SMILES string of the molecule is CNC(=O)OC(=NC(=O)OC(C)(C)C)N1CC(C)c2c1ccc1ccccc21. The predicted molar refractivity (Wildman–Crippen MR) is 109 cm³/mol. The molecule has 28 heavy (non-hydrogen) atoms. The van der Waals surface area contributed by atoms with Crippen molar-refractivity contribution in [1.29, 1.82) is 0 Å². The van der Waals surface area contributed by atoms with E-state index in [-0.39, 0.29) is 11.9 Å². The highest BCUT2D eigenvalue weighted by Gasteiger charge is 2.33. The third-order valence-electron chi connectivity index (χ3n) is 4.39. The predicted octanol–water partition coefficient (Wildman–Crippen LogP) is 4.41. The van der Waals surface area contributed by atoms with E-state index in [2.05, 4.69) is 29.4 Å². The quantitative estimate of drug-likeness (QED) is 0.538. The van der Waals surface area contributed by atoms with Crippen molar-refractivity contribution in [2.24, 2.45) is 4.99 Å². The number of hydrogen-bond donors (Lipinski definition) is 1. The summed E-state index contributed by atoms with van der Waals surface area (Å²) in [6.07, 6.45) is -1.52. The lowest BCUT2D eigenvalue weighted by atomic mass is 9.96. The Morgan fingerprint density at radius 1 is 1.18 bits per heavy atom.